The molecule has 5 aromatic rings. The Labute approximate surface area is 238 Å². The van der Waals surface area contributed by atoms with E-state index in [1.807, 2.05) is 49.1 Å². The van der Waals surface area contributed by atoms with Gasteiger partial charge in [0.1, 0.15) is 64.5 Å². The zero-order valence-corrected chi connectivity index (χ0v) is 22.3. The molecule has 0 bridgehead atoms. The minimum atomic E-state index is -0.786. The van der Waals surface area contributed by atoms with Crippen molar-refractivity contribution in [3.8, 4) is 45.6 Å². The molecule has 2 atom stereocenters. The van der Waals surface area contributed by atoms with Gasteiger partial charge in [0.25, 0.3) is 11.3 Å². The smallest absolute Gasteiger partial charge is 0.360 e. The van der Waals surface area contributed by atoms with Crippen LogP contribution >= 0.6 is 0 Å². The van der Waals surface area contributed by atoms with Crippen molar-refractivity contribution in [3.05, 3.63) is 113 Å². The average Bonchev–Trinajstić information content (AvgIpc) is 3.30. The first kappa shape index (κ1) is 20.8. The number of benzene rings is 4. The van der Waals surface area contributed by atoms with Crippen LogP contribution in [-0.4, -0.2) is 18.4 Å². The first-order valence-electron chi connectivity index (χ1n) is 14.2. The van der Waals surface area contributed by atoms with Crippen LogP contribution in [0.25, 0.3) is 11.1 Å². The van der Waals surface area contributed by atoms with Crippen LogP contribution < -0.4 is 38.7 Å². The molecule has 0 radical (unpaired) electrons. The maximum atomic E-state index is 6.68. The lowest BCUT2D eigenvalue weighted by Gasteiger charge is -2.50. The van der Waals surface area contributed by atoms with Gasteiger partial charge in [-0.15, -0.1) is 9.13 Å². The Kier molecular flexibility index (Phi) is 3.03. The van der Waals surface area contributed by atoms with Gasteiger partial charge >= 0.3 is 18.5 Å². The summed E-state index contributed by atoms with van der Waals surface area (Å²) >= 11 is 0. The molecule has 6 aliphatic heterocycles. The summed E-state index contributed by atoms with van der Waals surface area (Å²) < 4.78 is 30.4. The molecule has 9 heteroatoms. The number of hydrogen-bond donors (Lipinski definition) is 2. The minimum Gasteiger partial charge on any atom is -0.477 e. The molecular weight excluding hydrogens is 530 g/mol. The van der Waals surface area contributed by atoms with Crippen LogP contribution in [0.5, 0.6) is 34.5 Å². The van der Waals surface area contributed by atoms with Crippen molar-refractivity contribution in [1.82, 2.24) is 15.6 Å². The average molecular weight is 552 g/mol. The fourth-order valence-corrected chi connectivity index (χ4v) is 9.33. The van der Waals surface area contributed by atoms with Crippen LogP contribution in [0, 0.1) is 0 Å². The normalized spacial score (nSPS) is 27.4. The number of nitrogens with zero attached hydrogens (tertiary/aromatic N) is 3. The summed E-state index contributed by atoms with van der Waals surface area (Å²) in [5.74, 6) is 5.98. The highest BCUT2D eigenvalue weighted by atomic mass is 16.5. The SMILES string of the molecule is CC12c3c4ccc5c3C3(NCOc6cccc(c63)O5)[n+]3cnc[n+](c31)C13NCOc5cccc(c51)Oc1ccc-4c2c13. The standard InChI is InChI=1S/C33H21N5O4/c1-31-24-16-8-10-22-28(24)32(26-18(39-14-35-32)4-2-6-20(26)41-22)37-12-34-13-38(30(31)37)33-27-19(40-15-36-33)5-3-7-21(27)42-23-11-9-17(16)25(31)29(23)33/h2-13,35-36H,14-15H2,1H3/q+2. The topological polar surface area (TPSA) is 81.6 Å². The van der Waals surface area contributed by atoms with E-state index < -0.39 is 16.7 Å². The summed E-state index contributed by atoms with van der Waals surface area (Å²) in [5.41, 5.74) is 6.99. The van der Waals surface area contributed by atoms with Crippen LogP contribution in [0.15, 0.2) is 73.3 Å². The lowest BCUT2D eigenvalue weighted by molar-refractivity contribution is -0.893. The van der Waals surface area contributed by atoms with Crippen LogP contribution in [-0.2, 0) is 16.7 Å². The van der Waals surface area contributed by atoms with Gasteiger partial charge in [0, 0.05) is 0 Å². The minimum absolute atomic E-state index is 0.345. The number of aromatic nitrogens is 3. The Balaban J connectivity index is 1.36. The summed E-state index contributed by atoms with van der Waals surface area (Å²) in [6.45, 7) is 3.04. The van der Waals surface area contributed by atoms with Gasteiger partial charge in [0.15, 0.2) is 0 Å². The van der Waals surface area contributed by atoms with E-state index in [0.717, 1.165) is 62.6 Å². The van der Waals surface area contributed by atoms with Gasteiger partial charge < -0.3 is 18.9 Å². The Bertz CT molecular complexity index is 2070. The summed E-state index contributed by atoms with van der Waals surface area (Å²) in [6.07, 6.45) is 3.94. The molecule has 12 rings (SSSR count). The Morgan fingerprint density at radius 3 is 1.60 bits per heavy atom. The molecule has 0 amide bonds. The van der Waals surface area contributed by atoms with Gasteiger partial charge in [-0.25, -0.2) is 10.6 Å². The second kappa shape index (κ2) is 6.11. The zero-order valence-electron chi connectivity index (χ0n) is 22.3. The van der Waals surface area contributed by atoms with E-state index in [2.05, 4.69) is 51.0 Å². The fourth-order valence-electron chi connectivity index (χ4n) is 9.33. The molecule has 2 N–H and O–H groups in total. The van der Waals surface area contributed by atoms with Crippen molar-refractivity contribution in [2.24, 2.45) is 0 Å². The summed E-state index contributed by atoms with van der Waals surface area (Å²) in [7, 11) is 0. The predicted molar refractivity (Wildman–Crippen MR) is 145 cm³/mol. The number of hydrogen-bond acceptors (Lipinski definition) is 7. The van der Waals surface area contributed by atoms with Crippen molar-refractivity contribution >= 4 is 0 Å². The third-order valence-electron chi connectivity index (χ3n) is 10.6. The Morgan fingerprint density at radius 1 is 0.595 bits per heavy atom. The van der Waals surface area contributed by atoms with Crippen molar-refractivity contribution in [2.45, 2.75) is 23.7 Å². The first-order chi connectivity index (χ1) is 20.7. The summed E-state index contributed by atoms with van der Waals surface area (Å²) in [5, 5.41) is 7.65. The van der Waals surface area contributed by atoms with E-state index >= 15 is 0 Å². The van der Waals surface area contributed by atoms with Gasteiger partial charge in [0.2, 0.25) is 0 Å². The second-order valence-electron chi connectivity index (χ2n) is 12.1. The molecule has 0 saturated heterocycles. The summed E-state index contributed by atoms with van der Waals surface area (Å²) in [4.78, 5) is 4.95. The van der Waals surface area contributed by atoms with E-state index in [0.29, 0.717) is 13.5 Å². The monoisotopic (exact) mass is 551 g/mol. The molecule has 42 heavy (non-hydrogen) atoms. The molecule has 9 nitrogen and oxygen atoms in total. The van der Waals surface area contributed by atoms with Crippen molar-refractivity contribution in [3.63, 3.8) is 0 Å². The van der Waals surface area contributed by atoms with E-state index in [1.165, 1.54) is 22.3 Å². The van der Waals surface area contributed by atoms with Gasteiger partial charge in [-0.1, -0.05) is 24.3 Å². The third-order valence-corrected chi connectivity index (χ3v) is 10.6. The fraction of sp³-hybridized carbons (Fsp3) is 0.182. The predicted octanol–water partition coefficient (Wildman–Crippen LogP) is 3.21. The molecule has 0 fully saturated rings. The largest absolute Gasteiger partial charge is 0.477 e. The Morgan fingerprint density at radius 2 is 1.07 bits per heavy atom. The molecule has 200 valence electrons. The molecular formula is C33H21N5O4+2. The summed E-state index contributed by atoms with van der Waals surface area (Å²) in [6, 6.07) is 20.8. The van der Waals surface area contributed by atoms with E-state index in [9.17, 15) is 0 Å². The van der Waals surface area contributed by atoms with Gasteiger partial charge in [0.05, 0.1) is 16.1 Å². The molecule has 7 aliphatic rings. The lowest BCUT2D eigenvalue weighted by atomic mass is 9.64. The van der Waals surface area contributed by atoms with Gasteiger partial charge in [-0.2, -0.15) is 0 Å². The number of nitrogens with one attached hydrogen (secondary N) is 2. The molecule has 2 spiro atoms. The van der Waals surface area contributed by atoms with Crippen molar-refractivity contribution in [2.75, 3.05) is 13.5 Å². The second-order valence-corrected chi connectivity index (χ2v) is 12.1. The molecule has 1 aromatic heterocycles. The highest BCUT2D eigenvalue weighted by molar-refractivity contribution is 5.90. The quantitative estimate of drug-likeness (QED) is 0.286. The molecule has 0 saturated carbocycles. The molecule has 7 heterocycles. The number of rotatable bonds is 0. The number of fused-ring (bicyclic) bond motifs is 1. The van der Waals surface area contributed by atoms with Gasteiger partial charge in [-0.3, -0.25) is 0 Å². The highest BCUT2D eigenvalue weighted by Crippen LogP contribution is 2.67. The number of ether oxygens (including phenoxy) is 4. The van der Waals surface area contributed by atoms with Crippen LogP contribution in [0.2, 0.25) is 0 Å². The maximum absolute atomic E-state index is 6.68. The van der Waals surface area contributed by atoms with Crippen molar-refractivity contribution < 1.29 is 28.1 Å². The van der Waals surface area contributed by atoms with Gasteiger partial charge in [-0.05, 0) is 65.6 Å². The van der Waals surface area contributed by atoms with E-state index in [-0.39, 0.29) is 0 Å². The first-order valence-corrected chi connectivity index (χ1v) is 14.2. The van der Waals surface area contributed by atoms with Crippen LogP contribution in [0.1, 0.15) is 46.1 Å². The molecule has 2 unspecified atom stereocenters. The molecule has 1 aliphatic carbocycles. The van der Waals surface area contributed by atoms with Crippen LogP contribution in [0.3, 0.4) is 0 Å². The van der Waals surface area contributed by atoms with Crippen molar-refractivity contribution in [1.29, 1.82) is 0 Å². The third kappa shape index (κ3) is 1.78. The Hall–Kier alpha value is -4.99. The van der Waals surface area contributed by atoms with Crippen LogP contribution in [0.4, 0.5) is 0 Å². The molecule has 4 aromatic carbocycles. The maximum Gasteiger partial charge on any atom is 0.360 e. The highest BCUT2D eigenvalue weighted by Gasteiger charge is 2.73. The lowest BCUT2D eigenvalue weighted by Crippen LogP contribution is -2.83. The zero-order chi connectivity index (χ0) is 27.2. The van der Waals surface area contributed by atoms with E-state index in [1.54, 1.807) is 0 Å². The van der Waals surface area contributed by atoms with E-state index in [4.69, 9.17) is 23.9 Å².